The molecular weight excluding hydrogens is 196 g/mol. The highest BCUT2D eigenvalue weighted by Gasteiger charge is 2.21. The molecule has 1 aromatic rings. The molecule has 0 radical (unpaired) electrons. The zero-order chi connectivity index (χ0) is 10.6. The molecule has 0 aromatic carbocycles. The molecule has 0 aliphatic rings. The topological polar surface area (TPSA) is 48.1 Å². The molecule has 0 saturated heterocycles. The summed E-state index contributed by atoms with van der Waals surface area (Å²) in [5, 5.41) is 3.15. The summed E-state index contributed by atoms with van der Waals surface area (Å²) in [5.41, 5.74) is 6.80. The van der Waals surface area contributed by atoms with Gasteiger partial charge in [0.1, 0.15) is 0 Å². The van der Waals surface area contributed by atoms with Crippen molar-refractivity contribution in [2.45, 2.75) is 32.2 Å². The van der Waals surface area contributed by atoms with E-state index in [0.717, 1.165) is 30.2 Å². The minimum atomic E-state index is -0.290. The zero-order valence-corrected chi connectivity index (χ0v) is 9.86. The third kappa shape index (κ3) is 2.77. The maximum atomic E-state index is 6.09. The molecule has 0 spiro atoms. The molecule has 1 heterocycles. The Morgan fingerprint density at radius 1 is 1.64 bits per heavy atom. The van der Waals surface area contributed by atoms with Crippen molar-refractivity contribution >= 4 is 11.3 Å². The zero-order valence-electron chi connectivity index (χ0n) is 9.04. The van der Waals surface area contributed by atoms with Gasteiger partial charge < -0.3 is 10.5 Å². The van der Waals surface area contributed by atoms with Gasteiger partial charge in [0, 0.05) is 18.9 Å². The molecule has 80 valence electrons. The van der Waals surface area contributed by atoms with Crippen LogP contribution in [0.3, 0.4) is 0 Å². The Morgan fingerprint density at radius 3 is 2.93 bits per heavy atom. The fourth-order valence-corrected chi connectivity index (χ4v) is 1.98. The maximum Gasteiger partial charge on any atom is 0.0952 e. The van der Waals surface area contributed by atoms with Crippen LogP contribution in [0.4, 0.5) is 0 Å². The lowest BCUT2D eigenvalue weighted by Crippen LogP contribution is -2.32. The molecule has 0 saturated carbocycles. The van der Waals surface area contributed by atoms with Gasteiger partial charge in [0.25, 0.3) is 0 Å². The third-order valence-corrected chi connectivity index (χ3v) is 3.30. The largest absolute Gasteiger partial charge is 0.384 e. The number of aromatic nitrogens is 1. The van der Waals surface area contributed by atoms with E-state index < -0.39 is 0 Å². The van der Waals surface area contributed by atoms with Crippen molar-refractivity contribution in [3.63, 3.8) is 0 Å². The summed E-state index contributed by atoms with van der Waals surface area (Å²) < 4.78 is 5.00. The van der Waals surface area contributed by atoms with E-state index >= 15 is 0 Å². The molecule has 0 fully saturated rings. The second-order valence-corrected chi connectivity index (χ2v) is 4.58. The number of hydrogen-bond donors (Lipinski definition) is 1. The molecule has 0 aliphatic carbocycles. The fraction of sp³-hybridized carbons (Fsp3) is 0.700. The molecule has 0 aliphatic heterocycles. The fourth-order valence-electron chi connectivity index (χ4n) is 1.06. The van der Waals surface area contributed by atoms with E-state index in [9.17, 15) is 0 Å². The maximum absolute atomic E-state index is 6.09. The van der Waals surface area contributed by atoms with Gasteiger partial charge in [0.05, 0.1) is 22.8 Å². The number of nitrogens with zero attached hydrogens (tertiary/aromatic N) is 1. The molecule has 4 heteroatoms. The van der Waals surface area contributed by atoms with Gasteiger partial charge in [-0.3, -0.25) is 0 Å². The van der Waals surface area contributed by atoms with E-state index in [0.29, 0.717) is 0 Å². The molecule has 0 bridgehead atoms. The van der Waals surface area contributed by atoms with Crippen LogP contribution >= 0.6 is 11.3 Å². The first-order chi connectivity index (χ1) is 6.60. The summed E-state index contributed by atoms with van der Waals surface area (Å²) in [7, 11) is 1.70. The SMILES string of the molecule is CCC(C)(N)c1csc(CCOC)n1. The lowest BCUT2D eigenvalue weighted by molar-refractivity contribution is 0.202. The summed E-state index contributed by atoms with van der Waals surface area (Å²) >= 11 is 1.66. The van der Waals surface area contributed by atoms with Crippen LogP contribution in [0.25, 0.3) is 0 Å². The molecule has 1 unspecified atom stereocenters. The van der Waals surface area contributed by atoms with E-state index in [2.05, 4.69) is 17.3 Å². The van der Waals surface area contributed by atoms with Crippen LogP contribution in [0.15, 0.2) is 5.38 Å². The highest BCUT2D eigenvalue weighted by atomic mass is 32.1. The third-order valence-electron chi connectivity index (χ3n) is 2.39. The molecule has 1 rings (SSSR count). The van der Waals surface area contributed by atoms with Gasteiger partial charge in [0.2, 0.25) is 0 Å². The average Bonchev–Trinajstić information content (AvgIpc) is 2.63. The van der Waals surface area contributed by atoms with E-state index in [1.165, 1.54) is 0 Å². The monoisotopic (exact) mass is 214 g/mol. The molecule has 1 aromatic heterocycles. The van der Waals surface area contributed by atoms with Gasteiger partial charge >= 0.3 is 0 Å². The lowest BCUT2D eigenvalue weighted by atomic mass is 9.97. The van der Waals surface area contributed by atoms with Gasteiger partial charge in [-0.2, -0.15) is 0 Å². The number of methoxy groups -OCH3 is 1. The molecule has 1 atom stereocenters. The molecule has 14 heavy (non-hydrogen) atoms. The Bertz CT molecular complexity index is 283. The van der Waals surface area contributed by atoms with Crippen LogP contribution in [0.5, 0.6) is 0 Å². The summed E-state index contributed by atoms with van der Waals surface area (Å²) in [5.74, 6) is 0. The highest BCUT2D eigenvalue weighted by molar-refractivity contribution is 7.09. The van der Waals surface area contributed by atoms with Crippen LogP contribution in [0.1, 0.15) is 31.0 Å². The Morgan fingerprint density at radius 2 is 2.36 bits per heavy atom. The second-order valence-electron chi connectivity index (χ2n) is 3.64. The molecule has 2 N–H and O–H groups in total. The van der Waals surface area contributed by atoms with Gasteiger partial charge in [-0.1, -0.05) is 6.92 Å². The van der Waals surface area contributed by atoms with Crippen LogP contribution in [0, 0.1) is 0 Å². The Kier molecular flexibility index (Phi) is 4.04. The lowest BCUT2D eigenvalue weighted by Gasteiger charge is -2.19. The predicted octanol–water partition coefficient (Wildman–Crippen LogP) is 1.92. The first-order valence-corrected chi connectivity index (χ1v) is 5.71. The minimum absolute atomic E-state index is 0.290. The second kappa shape index (κ2) is 4.87. The summed E-state index contributed by atoms with van der Waals surface area (Å²) in [6, 6.07) is 0. The van der Waals surface area contributed by atoms with E-state index in [-0.39, 0.29) is 5.54 Å². The highest BCUT2D eigenvalue weighted by Crippen LogP contribution is 2.23. The Balaban J connectivity index is 2.67. The van der Waals surface area contributed by atoms with E-state index in [4.69, 9.17) is 10.5 Å². The van der Waals surface area contributed by atoms with Gasteiger partial charge in [0.15, 0.2) is 0 Å². The summed E-state index contributed by atoms with van der Waals surface area (Å²) in [4.78, 5) is 4.50. The van der Waals surface area contributed by atoms with Crippen molar-refractivity contribution in [2.24, 2.45) is 5.73 Å². The minimum Gasteiger partial charge on any atom is -0.384 e. The van der Waals surface area contributed by atoms with Gasteiger partial charge in [-0.15, -0.1) is 11.3 Å². The number of ether oxygens (including phenoxy) is 1. The number of rotatable bonds is 5. The van der Waals surface area contributed by atoms with Crippen molar-refractivity contribution < 1.29 is 4.74 Å². The molecule has 3 nitrogen and oxygen atoms in total. The van der Waals surface area contributed by atoms with Gasteiger partial charge in [-0.05, 0) is 13.3 Å². The van der Waals surface area contributed by atoms with Crippen molar-refractivity contribution in [1.82, 2.24) is 4.98 Å². The van der Waals surface area contributed by atoms with Crippen molar-refractivity contribution in [3.8, 4) is 0 Å². The van der Waals surface area contributed by atoms with Gasteiger partial charge in [-0.25, -0.2) is 4.98 Å². The molecular formula is C10H18N2OS. The van der Waals surface area contributed by atoms with Crippen LogP contribution < -0.4 is 5.73 Å². The molecule has 0 amide bonds. The average molecular weight is 214 g/mol. The number of hydrogen-bond acceptors (Lipinski definition) is 4. The van der Waals surface area contributed by atoms with Crippen LogP contribution in [-0.2, 0) is 16.7 Å². The van der Waals surface area contributed by atoms with Crippen LogP contribution in [-0.4, -0.2) is 18.7 Å². The van der Waals surface area contributed by atoms with Crippen LogP contribution in [0.2, 0.25) is 0 Å². The summed E-state index contributed by atoms with van der Waals surface area (Å²) in [6.07, 6.45) is 1.78. The standard InChI is InChI=1S/C10H18N2OS/c1-4-10(2,11)8-7-14-9(12-8)5-6-13-3/h7H,4-6,11H2,1-3H3. The van der Waals surface area contributed by atoms with E-state index in [1.54, 1.807) is 18.4 Å². The number of thiazole rings is 1. The number of nitrogens with two attached hydrogens (primary N) is 1. The Labute approximate surface area is 89.3 Å². The van der Waals surface area contributed by atoms with E-state index in [1.807, 2.05) is 6.92 Å². The first kappa shape index (κ1) is 11.6. The Hall–Kier alpha value is -0.450. The smallest absolute Gasteiger partial charge is 0.0952 e. The van der Waals surface area contributed by atoms with Crippen molar-refractivity contribution in [1.29, 1.82) is 0 Å². The summed E-state index contributed by atoms with van der Waals surface area (Å²) in [6.45, 7) is 4.82. The predicted molar refractivity (Wildman–Crippen MR) is 59.5 cm³/mol. The quantitative estimate of drug-likeness (QED) is 0.814. The first-order valence-electron chi connectivity index (χ1n) is 4.83. The van der Waals surface area contributed by atoms with Crippen molar-refractivity contribution in [3.05, 3.63) is 16.1 Å². The van der Waals surface area contributed by atoms with Crippen molar-refractivity contribution in [2.75, 3.05) is 13.7 Å². The normalized spacial score (nSPS) is 15.4.